The maximum absolute atomic E-state index is 5.87. The summed E-state index contributed by atoms with van der Waals surface area (Å²) in [7, 11) is 4.25. The summed E-state index contributed by atoms with van der Waals surface area (Å²) < 4.78 is 0. The van der Waals surface area contributed by atoms with Crippen LogP contribution < -0.4 is 4.90 Å². The van der Waals surface area contributed by atoms with Crippen molar-refractivity contribution in [3.8, 4) is 0 Å². The Morgan fingerprint density at radius 1 is 1.41 bits per heavy atom. The zero-order valence-electron chi connectivity index (χ0n) is 10.4. The van der Waals surface area contributed by atoms with Gasteiger partial charge in [-0.05, 0) is 38.9 Å². The van der Waals surface area contributed by atoms with E-state index in [1.54, 1.807) is 0 Å². The van der Waals surface area contributed by atoms with Gasteiger partial charge in [0.05, 0.1) is 0 Å². The van der Waals surface area contributed by atoms with Crippen LogP contribution in [0.4, 0.5) is 5.82 Å². The van der Waals surface area contributed by atoms with Crippen LogP contribution in [0.2, 0.25) is 5.15 Å². The van der Waals surface area contributed by atoms with Gasteiger partial charge in [0, 0.05) is 19.7 Å². The van der Waals surface area contributed by atoms with Crippen molar-refractivity contribution in [3.63, 3.8) is 0 Å². The van der Waals surface area contributed by atoms with Crippen molar-refractivity contribution in [3.05, 3.63) is 17.5 Å². The van der Waals surface area contributed by atoms with Gasteiger partial charge in [-0.15, -0.1) is 0 Å². The second-order valence-corrected chi connectivity index (χ2v) is 5.21. The topological polar surface area (TPSA) is 32.3 Å². The number of piperidine rings is 1. The molecule has 0 radical (unpaired) electrons. The zero-order valence-corrected chi connectivity index (χ0v) is 11.2. The van der Waals surface area contributed by atoms with Crippen LogP contribution in [0.25, 0.3) is 0 Å². The third-order valence-electron chi connectivity index (χ3n) is 3.38. The normalized spacial score (nSPS) is 18.3. The van der Waals surface area contributed by atoms with Gasteiger partial charge in [0.2, 0.25) is 0 Å². The highest BCUT2D eigenvalue weighted by molar-refractivity contribution is 6.29. The van der Waals surface area contributed by atoms with Crippen molar-refractivity contribution in [2.24, 2.45) is 5.92 Å². The summed E-state index contributed by atoms with van der Waals surface area (Å²) in [4.78, 5) is 12.7. The molecule has 1 fully saturated rings. The molecule has 0 unspecified atom stereocenters. The maximum Gasteiger partial charge on any atom is 0.134 e. The molecule has 4 nitrogen and oxygen atoms in total. The van der Waals surface area contributed by atoms with Crippen LogP contribution >= 0.6 is 11.6 Å². The van der Waals surface area contributed by atoms with Gasteiger partial charge in [-0.1, -0.05) is 11.6 Å². The fourth-order valence-corrected chi connectivity index (χ4v) is 2.40. The predicted octanol–water partition coefficient (Wildman–Crippen LogP) is 1.91. The fraction of sp³-hybridized carbons (Fsp3) is 0.667. The first-order chi connectivity index (χ1) is 8.15. The molecule has 0 saturated carbocycles. The van der Waals surface area contributed by atoms with E-state index in [4.69, 9.17) is 11.6 Å². The molecule has 1 aromatic rings. The molecule has 0 N–H and O–H groups in total. The smallest absolute Gasteiger partial charge is 0.134 e. The molecule has 0 aliphatic carbocycles. The van der Waals surface area contributed by atoms with Crippen molar-refractivity contribution in [1.82, 2.24) is 14.9 Å². The van der Waals surface area contributed by atoms with E-state index in [9.17, 15) is 0 Å². The Kier molecular flexibility index (Phi) is 4.18. The second-order valence-electron chi connectivity index (χ2n) is 4.83. The van der Waals surface area contributed by atoms with Crippen molar-refractivity contribution < 1.29 is 0 Å². The molecule has 5 heteroatoms. The number of rotatable bonds is 3. The minimum absolute atomic E-state index is 0.505. The van der Waals surface area contributed by atoms with E-state index in [1.165, 1.54) is 32.3 Å². The van der Waals surface area contributed by atoms with Crippen molar-refractivity contribution >= 4 is 17.4 Å². The molecular weight excluding hydrogens is 236 g/mol. The van der Waals surface area contributed by atoms with E-state index in [0.29, 0.717) is 5.15 Å². The Bertz CT molecular complexity index is 363. The highest BCUT2D eigenvalue weighted by atomic mass is 35.5. The van der Waals surface area contributed by atoms with Crippen LogP contribution in [0.15, 0.2) is 12.4 Å². The molecule has 0 bridgehead atoms. The van der Waals surface area contributed by atoms with Gasteiger partial charge in [-0.3, -0.25) is 0 Å². The average molecular weight is 255 g/mol. The van der Waals surface area contributed by atoms with Crippen molar-refractivity contribution in [1.29, 1.82) is 0 Å². The molecule has 0 aromatic carbocycles. The molecule has 17 heavy (non-hydrogen) atoms. The Balaban J connectivity index is 1.90. The van der Waals surface area contributed by atoms with Crippen LogP contribution in [0.1, 0.15) is 12.8 Å². The lowest BCUT2D eigenvalue weighted by atomic mass is 9.97. The Morgan fingerprint density at radius 2 is 2.12 bits per heavy atom. The van der Waals surface area contributed by atoms with Gasteiger partial charge >= 0.3 is 0 Å². The van der Waals surface area contributed by atoms with Gasteiger partial charge < -0.3 is 9.80 Å². The molecule has 1 saturated heterocycles. The minimum atomic E-state index is 0.505. The van der Waals surface area contributed by atoms with Crippen LogP contribution in [-0.4, -0.2) is 48.6 Å². The lowest BCUT2D eigenvalue weighted by Crippen LogP contribution is -2.35. The quantitative estimate of drug-likeness (QED) is 0.772. The summed E-state index contributed by atoms with van der Waals surface area (Å²) in [5, 5.41) is 0.505. The summed E-state index contributed by atoms with van der Waals surface area (Å²) in [6.45, 7) is 3.44. The summed E-state index contributed by atoms with van der Waals surface area (Å²) in [6.07, 6.45) is 4.04. The van der Waals surface area contributed by atoms with Crippen LogP contribution in [-0.2, 0) is 0 Å². The standard InChI is InChI=1S/C12H19ClN4/c1-16-5-3-10(4-6-16)8-17(2)12-7-11(13)14-9-15-12/h7,9-10H,3-6,8H2,1-2H3. The van der Waals surface area contributed by atoms with E-state index in [2.05, 4.69) is 33.9 Å². The average Bonchev–Trinajstić information content (AvgIpc) is 2.32. The third-order valence-corrected chi connectivity index (χ3v) is 3.59. The number of anilines is 1. The number of aromatic nitrogens is 2. The van der Waals surface area contributed by atoms with E-state index < -0.39 is 0 Å². The van der Waals surface area contributed by atoms with Gasteiger partial charge in [-0.2, -0.15) is 0 Å². The van der Waals surface area contributed by atoms with Gasteiger partial charge in [0.1, 0.15) is 17.3 Å². The summed E-state index contributed by atoms with van der Waals surface area (Å²) in [6, 6.07) is 1.82. The molecule has 2 rings (SSSR count). The number of nitrogens with zero attached hydrogens (tertiary/aromatic N) is 4. The van der Waals surface area contributed by atoms with E-state index in [0.717, 1.165) is 18.3 Å². The molecular formula is C12H19ClN4. The largest absolute Gasteiger partial charge is 0.359 e. The Morgan fingerprint density at radius 3 is 2.76 bits per heavy atom. The Hall–Kier alpha value is -0.870. The Labute approximate surface area is 108 Å². The first kappa shape index (κ1) is 12.6. The van der Waals surface area contributed by atoms with Crippen LogP contribution in [0.3, 0.4) is 0 Å². The maximum atomic E-state index is 5.87. The number of hydrogen-bond acceptors (Lipinski definition) is 4. The highest BCUT2D eigenvalue weighted by Gasteiger charge is 2.18. The second kappa shape index (κ2) is 5.65. The molecule has 0 atom stereocenters. The lowest BCUT2D eigenvalue weighted by molar-refractivity contribution is 0.222. The molecule has 0 amide bonds. The summed E-state index contributed by atoms with van der Waals surface area (Å²) in [5.74, 6) is 1.66. The summed E-state index contributed by atoms with van der Waals surface area (Å²) in [5.41, 5.74) is 0. The molecule has 0 spiro atoms. The monoisotopic (exact) mass is 254 g/mol. The van der Waals surface area contributed by atoms with Crippen molar-refractivity contribution in [2.45, 2.75) is 12.8 Å². The SMILES string of the molecule is CN1CCC(CN(C)c2cc(Cl)ncn2)CC1. The first-order valence-electron chi connectivity index (χ1n) is 6.02. The van der Waals surface area contributed by atoms with Crippen molar-refractivity contribution in [2.75, 3.05) is 38.6 Å². The van der Waals surface area contributed by atoms with Crippen LogP contribution in [0.5, 0.6) is 0 Å². The van der Waals surface area contributed by atoms with E-state index in [1.807, 2.05) is 6.07 Å². The van der Waals surface area contributed by atoms with E-state index >= 15 is 0 Å². The molecule has 2 heterocycles. The highest BCUT2D eigenvalue weighted by Crippen LogP contribution is 2.20. The molecule has 1 aromatic heterocycles. The van der Waals surface area contributed by atoms with Gasteiger partial charge in [0.25, 0.3) is 0 Å². The number of hydrogen-bond donors (Lipinski definition) is 0. The lowest BCUT2D eigenvalue weighted by Gasteiger charge is -2.32. The third kappa shape index (κ3) is 3.54. The van der Waals surface area contributed by atoms with Gasteiger partial charge in [0.15, 0.2) is 0 Å². The minimum Gasteiger partial charge on any atom is -0.359 e. The zero-order chi connectivity index (χ0) is 12.3. The van der Waals surface area contributed by atoms with Crippen LogP contribution in [0, 0.1) is 5.92 Å². The molecule has 94 valence electrons. The van der Waals surface area contributed by atoms with Gasteiger partial charge in [-0.25, -0.2) is 9.97 Å². The number of halogens is 1. The first-order valence-corrected chi connectivity index (χ1v) is 6.40. The predicted molar refractivity (Wildman–Crippen MR) is 70.5 cm³/mol. The summed E-state index contributed by atoms with van der Waals surface area (Å²) >= 11 is 5.87. The van der Waals surface area contributed by atoms with E-state index in [-0.39, 0.29) is 0 Å². The fourth-order valence-electron chi connectivity index (χ4n) is 2.26. The molecule has 1 aliphatic rings. The number of likely N-dealkylation sites (tertiary alicyclic amines) is 1. The molecule has 1 aliphatic heterocycles.